The van der Waals surface area contributed by atoms with E-state index < -0.39 is 17.7 Å². The van der Waals surface area contributed by atoms with Crippen LogP contribution in [0.15, 0.2) is 85.9 Å². The number of benzene rings is 2. The highest BCUT2D eigenvalue weighted by Gasteiger charge is 2.47. The molecular formula is C22H13Br3N2O3. The summed E-state index contributed by atoms with van der Waals surface area (Å²) in [4.78, 5) is 31.7. The molecule has 150 valence electrons. The summed E-state index contributed by atoms with van der Waals surface area (Å²) in [6, 6.07) is 16.7. The van der Waals surface area contributed by atoms with Gasteiger partial charge in [0.05, 0.1) is 11.6 Å². The van der Waals surface area contributed by atoms with Crippen LogP contribution in [-0.2, 0) is 9.59 Å². The molecule has 1 aliphatic rings. The maximum absolute atomic E-state index is 13.0. The fraction of sp³-hybridized carbons (Fsp3) is 0.0455. The van der Waals surface area contributed by atoms with E-state index >= 15 is 0 Å². The molecule has 1 N–H and O–H groups in total. The Balaban J connectivity index is 1.93. The number of anilines is 1. The van der Waals surface area contributed by atoms with Gasteiger partial charge in [-0.25, -0.2) is 4.98 Å². The number of aliphatic hydroxyl groups is 1. The number of amides is 1. The molecule has 2 heterocycles. The van der Waals surface area contributed by atoms with Gasteiger partial charge in [-0.3, -0.25) is 14.5 Å². The topological polar surface area (TPSA) is 70.5 Å². The molecule has 0 radical (unpaired) electrons. The van der Waals surface area contributed by atoms with E-state index in [1.807, 2.05) is 12.1 Å². The summed E-state index contributed by atoms with van der Waals surface area (Å²) in [5, 5.41) is 11.0. The Morgan fingerprint density at radius 1 is 0.833 bits per heavy atom. The highest BCUT2D eigenvalue weighted by Crippen LogP contribution is 2.42. The van der Waals surface area contributed by atoms with E-state index in [4.69, 9.17) is 0 Å². The molecule has 1 aromatic heterocycles. The maximum Gasteiger partial charge on any atom is 0.301 e. The van der Waals surface area contributed by atoms with Crippen LogP contribution in [0, 0.1) is 0 Å². The molecule has 8 heteroatoms. The van der Waals surface area contributed by atoms with Gasteiger partial charge in [-0.15, -0.1) is 0 Å². The minimum Gasteiger partial charge on any atom is -0.507 e. The van der Waals surface area contributed by atoms with Crippen LogP contribution in [0.2, 0.25) is 0 Å². The van der Waals surface area contributed by atoms with Crippen LogP contribution >= 0.6 is 47.8 Å². The summed E-state index contributed by atoms with van der Waals surface area (Å²) in [5.41, 5.74) is 1.15. The second-order valence-corrected chi connectivity index (χ2v) is 9.31. The molecule has 4 rings (SSSR count). The van der Waals surface area contributed by atoms with E-state index in [0.717, 1.165) is 13.4 Å². The quantitative estimate of drug-likeness (QED) is 0.230. The summed E-state index contributed by atoms with van der Waals surface area (Å²) < 4.78 is 2.44. The molecule has 1 unspecified atom stereocenters. The first-order valence-corrected chi connectivity index (χ1v) is 11.2. The number of nitrogens with zero attached hydrogens (tertiary/aromatic N) is 2. The molecule has 0 spiro atoms. The van der Waals surface area contributed by atoms with Crippen molar-refractivity contribution in [3.05, 3.63) is 97.0 Å². The molecule has 1 aliphatic heterocycles. The highest BCUT2D eigenvalue weighted by atomic mass is 79.9. The van der Waals surface area contributed by atoms with E-state index in [1.54, 1.807) is 54.7 Å². The van der Waals surface area contributed by atoms with Gasteiger partial charge in [-0.1, -0.05) is 56.1 Å². The Morgan fingerprint density at radius 3 is 1.97 bits per heavy atom. The molecule has 5 nitrogen and oxygen atoms in total. The number of pyridine rings is 1. The molecule has 0 aliphatic carbocycles. The molecule has 30 heavy (non-hydrogen) atoms. The van der Waals surface area contributed by atoms with Crippen LogP contribution in [0.25, 0.3) is 5.76 Å². The van der Waals surface area contributed by atoms with Gasteiger partial charge in [0.2, 0.25) is 0 Å². The third kappa shape index (κ3) is 3.87. The zero-order valence-electron chi connectivity index (χ0n) is 15.2. The van der Waals surface area contributed by atoms with Crippen molar-refractivity contribution in [2.24, 2.45) is 0 Å². The molecule has 1 amide bonds. The molecule has 1 atom stereocenters. The van der Waals surface area contributed by atoms with Crippen LogP contribution < -0.4 is 4.90 Å². The van der Waals surface area contributed by atoms with Crippen LogP contribution in [0.3, 0.4) is 0 Å². The van der Waals surface area contributed by atoms with Crippen molar-refractivity contribution in [2.75, 3.05) is 4.90 Å². The van der Waals surface area contributed by atoms with Gasteiger partial charge >= 0.3 is 5.91 Å². The number of halogens is 3. The predicted octanol–water partition coefficient (Wildman–Crippen LogP) is 6.00. The normalized spacial score (nSPS) is 18.1. The molecule has 3 aromatic rings. The lowest BCUT2D eigenvalue weighted by molar-refractivity contribution is -0.132. The largest absolute Gasteiger partial charge is 0.507 e. The summed E-state index contributed by atoms with van der Waals surface area (Å²) in [5.74, 6) is -1.40. The van der Waals surface area contributed by atoms with Crippen LogP contribution in [-0.4, -0.2) is 21.8 Å². The number of aromatic nitrogens is 1. The second kappa shape index (κ2) is 8.45. The van der Waals surface area contributed by atoms with Crippen molar-refractivity contribution >= 4 is 71.1 Å². The van der Waals surface area contributed by atoms with Crippen molar-refractivity contribution in [1.29, 1.82) is 0 Å². The highest BCUT2D eigenvalue weighted by molar-refractivity contribution is 9.11. The van der Waals surface area contributed by atoms with Gasteiger partial charge < -0.3 is 5.11 Å². The lowest BCUT2D eigenvalue weighted by Crippen LogP contribution is -2.30. The van der Waals surface area contributed by atoms with Gasteiger partial charge in [0, 0.05) is 25.2 Å². The first-order valence-electron chi connectivity index (χ1n) is 8.81. The zero-order chi connectivity index (χ0) is 21.4. The number of Topliss-reactive ketones (excluding diaryl/α,β-unsaturated/α-hetero) is 1. The zero-order valence-corrected chi connectivity index (χ0v) is 20.0. The Bertz CT molecular complexity index is 1160. The van der Waals surface area contributed by atoms with Crippen molar-refractivity contribution in [3.8, 4) is 0 Å². The van der Waals surface area contributed by atoms with E-state index in [1.165, 1.54) is 4.90 Å². The van der Waals surface area contributed by atoms with Crippen molar-refractivity contribution in [3.63, 3.8) is 0 Å². The predicted molar refractivity (Wildman–Crippen MR) is 125 cm³/mol. The van der Waals surface area contributed by atoms with Gasteiger partial charge in [-0.05, 0) is 57.9 Å². The average Bonchev–Trinajstić information content (AvgIpc) is 3.00. The number of carbonyl (C=O) groups excluding carboxylic acids is 2. The van der Waals surface area contributed by atoms with Crippen molar-refractivity contribution in [1.82, 2.24) is 4.98 Å². The lowest BCUT2D eigenvalue weighted by atomic mass is 9.95. The molecule has 2 aromatic carbocycles. The molecule has 0 bridgehead atoms. The van der Waals surface area contributed by atoms with Gasteiger partial charge in [0.25, 0.3) is 5.78 Å². The SMILES string of the molecule is O=C1C(=O)N(c2ccc(Br)cn2)C(c2ccc(Br)cc2)C1=C(O)c1ccc(Br)cc1. The number of rotatable bonds is 3. The molecule has 1 fully saturated rings. The van der Waals surface area contributed by atoms with Crippen LogP contribution in [0.5, 0.6) is 0 Å². The summed E-state index contributed by atoms with van der Waals surface area (Å²) in [7, 11) is 0. The number of aliphatic hydroxyl groups excluding tert-OH is 1. The van der Waals surface area contributed by atoms with Crippen molar-refractivity contribution < 1.29 is 14.7 Å². The van der Waals surface area contributed by atoms with E-state index in [2.05, 4.69) is 52.8 Å². The van der Waals surface area contributed by atoms with Crippen LogP contribution in [0.4, 0.5) is 5.82 Å². The average molecular weight is 593 g/mol. The minimum absolute atomic E-state index is 0.0226. The number of carbonyl (C=O) groups is 2. The Hall–Kier alpha value is -2.29. The maximum atomic E-state index is 13.0. The molecule has 1 saturated heterocycles. The third-order valence-electron chi connectivity index (χ3n) is 4.71. The van der Waals surface area contributed by atoms with Crippen LogP contribution in [0.1, 0.15) is 17.2 Å². The van der Waals surface area contributed by atoms with Gasteiger partial charge in [0.1, 0.15) is 11.6 Å². The van der Waals surface area contributed by atoms with Gasteiger partial charge in [0.15, 0.2) is 0 Å². The smallest absolute Gasteiger partial charge is 0.301 e. The minimum atomic E-state index is -0.810. The summed E-state index contributed by atoms with van der Waals surface area (Å²) in [6.45, 7) is 0. The molecular weight excluding hydrogens is 580 g/mol. The van der Waals surface area contributed by atoms with Gasteiger partial charge in [-0.2, -0.15) is 0 Å². The number of hydrogen-bond donors (Lipinski definition) is 1. The first kappa shape index (κ1) is 21.0. The number of hydrogen-bond acceptors (Lipinski definition) is 4. The first-order chi connectivity index (χ1) is 14.4. The fourth-order valence-corrected chi connectivity index (χ4v) is 4.07. The summed E-state index contributed by atoms with van der Waals surface area (Å²) >= 11 is 10.1. The van der Waals surface area contributed by atoms with E-state index in [9.17, 15) is 14.7 Å². The van der Waals surface area contributed by atoms with E-state index in [0.29, 0.717) is 16.9 Å². The lowest BCUT2D eigenvalue weighted by Gasteiger charge is -2.24. The fourth-order valence-electron chi connectivity index (χ4n) is 3.30. The Labute approximate surface area is 197 Å². The number of ketones is 1. The Kier molecular flexibility index (Phi) is 5.90. The third-order valence-corrected chi connectivity index (χ3v) is 6.23. The van der Waals surface area contributed by atoms with E-state index in [-0.39, 0.29) is 11.3 Å². The second-order valence-electron chi connectivity index (χ2n) is 6.56. The Morgan fingerprint density at radius 2 is 1.40 bits per heavy atom. The summed E-state index contributed by atoms with van der Waals surface area (Å²) in [6.07, 6.45) is 1.56. The molecule has 0 saturated carbocycles. The monoisotopic (exact) mass is 590 g/mol. The standard InChI is InChI=1S/C22H13Br3N2O3/c23-14-5-1-12(2-6-14)19-18(20(28)13-3-7-15(24)8-4-13)21(29)22(30)27(19)17-10-9-16(25)11-26-17/h1-11,19,28H. The van der Waals surface area contributed by atoms with Crippen molar-refractivity contribution in [2.45, 2.75) is 6.04 Å².